The second-order valence-electron chi connectivity index (χ2n) is 9.55. The highest BCUT2D eigenvalue weighted by molar-refractivity contribution is 6.06. The van der Waals surface area contributed by atoms with Gasteiger partial charge in [-0.1, -0.05) is 58.4 Å². The van der Waals surface area contributed by atoms with E-state index < -0.39 is 6.10 Å². The molecule has 1 aromatic rings. The van der Waals surface area contributed by atoms with Crippen LogP contribution in [-0.2, 0) is 11.2 Å². The van der Waals surface area contributed by atoms with Crippen molar-refractivity contribution in [1.82, 2.24) is 0 Å². The Morgan fingerprint density at radius 1 is 1.15 bits per heavy atom. The summed E-state index contributed by atoms with van der Waals surface area (Å²) in [5, 5.41) is 21.0. The van der Waals surface area contributed by atoms with Gasteiger partial charge < -0.3 is 14.9 Å². The van der Waals surface area contributed by atoms with Crippen LogP contribution >= 0.6 is 0 Å². The molecule has 6 heteroatoms. The summed E-state index contributed by atoms with van der Waals surface area (Å²) in [7, 11) is 0. The second-order valence-corrected chi connectivity index (χ2v) is 9.55. The van der Waals surface area contributed by atoms with Crippen molar-refractivity contribution in [2.75, 3.05) is 13.3 Å². The number of aliphatic imine (C=N–C) groups is 1. The van der Waals surface area contributed by atoms with Gasteiger partial charge in [-0.3, -0.25) is 14.7 Å². The van der Waals surface area contributed by atoms with Gasteiger partial charge in [-0.25, -0.2) is 0 Å². The minimum atomic E-state index is -0.550. The maximum Gasteiger partial charge on any atom is 0.227 e. The van der Waals surface area contributed by atoms with Crippen molar-refractivity contribution >= 4 is 11.5 Å². The molecule has 2 heterocycles. The number of aliphatic hydroxyl groups excluding tert-OH is 1. The molecule has 0 radical (unpaired) electrons. The minimum Gasteiger partial charge on any atom is -0.504 e. The smallest absolute Gasteiger partial charge is 0.227 e. The first kappa shape index (κ1) is 26.2. The van der Waals surface area contributed by atoms with Crippen LogP contribution in [0.25, 0.3) is 0 Å². The van der Waals surface area contributed by atoms with Gasteiger partial charge in [0.2, 0.25) is 6.73 Å². The first-order valence-electron chi connectivity index (χ1n) is 13.0. The summed E-state index contributed by atoms with van der Waals surface area (Å²) in [5.41, 5.74) is 3.16. The summed E-state index contributed by atoms with van der Waals surface area (Å²) in [6.07, 6.45) is 14.1. The number of allylic oxidation sites excluding steroid dienone is 1. The molecule has 2 aliphatic heterocycles. The Kier molecular flexibility index (Phi) is 10.4. The Balaban J connectivity index is 1.53. The van der Waals surface area contributed by atoms with Gasteiger partial charge in [0, 0.05) is 18.5 Å². The molecule has 0 bridgehead atoms. The van der Waals surface area contributed by atoms with E-state index in [-0.39, 0.29) is 17.5 Å². The van der Waals surface area contributed by atoms with Crippen LogP contribution in [0, 0.1) is 5.92 Å². The third-order valence-corrected chi connectivity index (χ3v) is 6.77. The van der Waals surface area contributed by atoms with Crippen LogP contribution in [0.15, 0.2) is 47.2 Å². The number of aliphatic hydroxyl groups is 1. The monoisotopic (exact) mass is 469 g/mol. The van der Waals surface area contributed by atoms with Crippen molar-refractivity contribution in [2.24, 2.45) is 10.9 Å². The summed E-state index contributed by atoms with van der Waals surface area (Å²) in [4.78, 5) is 18.5. The maximum atomic E-state index is 13.1. The van der Waals surface area contributed by atoms with Gasteiger partial charge in [0.05, 0.1) is 11.7 Å². The lowest BCUT2D eigenvalue weighted by molar-refractivity contribution is -0.851. The molecule has 0 aliphatic carbocycles. The number of Topliss-reactive ketones (excluding diaryl/α,β-unsaturated/α-hetero) is 1. The molecule has 3 rings (SSSR count). The van der Waals surface area contributed by atoms with Crippen molar-refractivity contribution in [3.05, 3.63) is 47.8 Å². The number of carbonyl (C=O) groups is 1. The number of phenols is 1. The van der Waals surface area contributed by atoms with Crippen LogP contribution in [0.2, 0.25) is 0 Å². The minimum absolute atomic E-state index is 0.0996. The number of rotatable bonds is 16. The Morgan fingerprint density at radius 2 is 1.91 bits per heavy atom. The molecule has 2 aliphatic rings. The summed E-state index contributed by atoms with van der Waals surface area (Å²) in [5.74, 6) is 0.399. The number of unbranched alkanes of at least 4 members (excludes halogenated alkanes) is 4. The lowest BCUT2D eigenvalue weighted by atomic mass is 9.86. The molecule has 0 amide bonds. The predicted molar refractivity (Wildman–Crippen MR) is 135 cm³/mol. The molecule has 0 spiro atoms. The SMILES string of the molecule is CCCCC[C@@H](O)[C@@H](CCCCC)C(=O)CCc1ccc(O)c(OC[NH+]2C=C3C=CN=C3C2)c1. The van der Waals surface area contributed by atoms with Crippen LogP contribution in [0.1, 0.15) is 77.2 Å². The molecule has 3 N–H and O–H groups in total. The number of carbonyl (C=O) groups excluding carboxylic acids is 1. The third-order valence-electron chi connectivity index (χ3n) is 6.77. The number of ketones is 1. The number of aryl methyl sites for hydroxylation is 1. The number of fused-ring (bicyclic) bond motifs is 1. The standard InChI is InChI=1S/C28H40N2O4/c1-3-5-7-9-23(25(31)10-8-6-4-2)26(32)13-11-21-12-14-27(33)28(17-21)34-20-30-18-22-15-16-29-24(22)19-30/h12,14-18,23,25,31,33H,3-11,13,19-20H2,1-2H3/p+1/t23-,25-/m1/s1. The Hall–Kier alpha value is -2.44. The zero-order chi connectivity index (χ0) is 24.3. The van der Waals surface area contributed by atoms with Crippen LogP contribution in [0.3, 0.4) is 0 Å². The average Bonchev–Trinajstić information content (AvgIpc) is 3.42. The quantitative estimate of drug-likeness (QED) is 0.318. The van der Waals surface area contributed by atoms with Crippen molar-refractivity contribution in [3.8, 4) is 11.5 Å². The van der Waals surface area contributed by atoms with Crippen molar-refractivity contribution < 1.29 is 24.6 Å². The number of quaternary nitrogens is 1. The molecule has 0 fully saturated rings. The molecule has 6 nitrogen and oxygen atoms in total. The first-order chi connectivity index (χ1) is 16.5. The van der Waals surface area contributed by atoms with Crippen molar-refractivity contribution in [1.29, 1.82) is 0 Å². The van der Waals surface area contributed by atoms with Crippen LogP contribution in [0.4, 0.5) is 0 Å². The summed E-state index contributed by atoms with van der Waals surface area (Å²) in [6.45, 7) is 5.47. The van der Waals surface area contributed by atoms with E-state index in [0.717, 1.165) is 73.2 Å². The number of nitrogens with zero attached hydrogens (tertiary/aromatic N) is 1. The fraction of sp³-hybridized carbons (Fsp3) is 0.571. The van der Waals surface area contributed by atoms with Gasteiger partial charge in [0.15, 0.2) is 11.5 Å². The fourth-order valence-corrected chi connectivity index (χ4v) is 4.68. The highest BCUT2D eigenvalue weighted by Gasteiger charge is 2.26. The molecule has 1 unspecified atom stereocenters. The van der Waals surface area contributed by atoms with Gasteiger partial charge in [-0.15, -0.1) is 0 Å². The molecule has 3 atom stereocenters. The Bertz CT molecular complexity index is 906. The Labute approximate surface area is 204 Å². The second kappa shape index (κ2) is 13.4. The number of phenolic OH excluding ortho intramolecular Hbond substituents is 1. The molecule has 0 saturated carbocycles. The van der Waals surface area contributed by atoms with Crippen LogP contribution in [0.5, 0.6) is 11.5 Å². The van der Waals surface area contributed by atoms with Crippen LogP contribution in [-0.4, -0.2) is 41.1 Å². The molecular formula is C28H41N2O4+. The fourth-order valence-electron chi connectivity index (χ4n) is 4.68. The van der Waals surface area contributed by atoms with Gasteiger partial charge in [-0.2, -0.15) is 0 Å². The molecule has 0 aromatic heterocycles. The number of aromatic hydroxyl groups is 1. The molecule has 34 heavy (non-hydrogen) atoms. The van der Waals surface area contributed by atoms with Crippen LogP contribution < -0.4 is 9.64 Å². The molecular weight excluding hydrogens is 428 g/mol. The van der Waals surface area contributed by atoms with Crippen molar-refractivity contribution in [3.63, 3.8) is 0 Å². The summed E-state index contributed by atoms with van der Waals surface area (Å²) >= 11 is 0. The van der Waals surface area contributed by atoms with E-state index in [2.05, 4.69) is 25.0 Å². The van der Waals surface area contributed by atoms with Gasteiger partial charge in [-0.05, 0) is 43.0 Å². The predicted octanol–water partition coefficient (Wildman–Crippen LogP) is 4.12. The topological polar surface area (TPSA) is 83.6 Å². The summed E-state index contributed by atoms with van der Waals surface area (Å²) < 4.78 is 5.90. The highest BCUT2D eigenvalue weighted by atomic mass is 16.5. The number of benzene rings is 1. The number of hydrogen-bond acceptors (Lipinski definition) is 5. The average molecular weight is 470 g/mol. The Morgan fingerprint density at radius 3 is 2.65 bits per heavy atom. The largest absolute Gasteiger partial charge is 0.504 e. The van der Waals surface area contributed by atoms with E-state index in [0.29, 0.717) is 31.7 Å². The van der Waals surface area contributed by atoms with Gasteiger partial charge in [0.25, 0.3) is 0 Å². The molecule has 1 aromatic carbocycles. The number of ether oxygens (including phenoxy) is 1. The summed E-state index contributed by atoms with van der Waals surface area (Å²) in [6, 6.07) is 5.30. The van der Waals surface area contributed by atoms with Gasteiger partial charge in [0.1, 0.15) is 24.2 Å². The zero-order valence-electron chi connectivity index (χ0n) is 20.8. The third kappa shape index (κ3) is 7.54. The maximum absolute atomic E-state index is 13.1. The van der Waals surface area contributed by atoms with Gasteiger partial charge >= 0.3 is 0 Å². The van der Waals surface area contributed by atoms with E-state index in [9.17, 15) is 15.0 Å². The van der Waals surface area contributed by atoms with E-state index in [4.69, 9.17) is 4.74 Å². The zero-order valence-corrected chi connectivity index (χ0v) is 20.8. The number of hydrogen-bond donors (Lipinski definition) is 3. The van der Waals surface area contributed by atoms with E-state index in [1.54, 1.807) is 6.07 Å². The van der Waals surface area contributed by atoms with Crippen molar-refractivity contribution in [2.45, 2.75) is 84.2 Å². The lowest BCUT2D eigenvalue weighted by Crippen LogP contribution is -3.07. The molecule has 186 valence electrons. The van der Waals surface area contributed by atoms with E-state index >= 15 is 0 Å². The first-order valence-corrected chi connectivity index (χ1v) is 13.0. The molecule has 0 saturated heterocycles. The van der Waals surface area contributed by atoms with E-state index in [1.807, 2.05) is 24.4 Å². The normalized spacial score (nSPS) is 18.4. The lowest BCUT2D eigenvalue weighted by Gasteiger charge is -2.22. The highest BCUT2D eigenvalue weighted by Crippen LogP contribution is 2.28. The number of nitrogens with one attached hydrogen (secondary N) is 1. The van der Waals surface area contributed by atoms with E-state index in [1.165, 1.54) is 0 Å².